The molecule has 0 bridgehead atoms. The highest BCUT2D eigenvalue weighted by Crippen LogP contribution is 2.40. The summed E-state index contributed by atoms with van der Waals surface area (Å²) in [7, 11) is 0. The molecule has 4 aromatic rings. The molecule has 0 amide bonds. The molecule has 1 atom stereocenters. The summed E-state index contributed by atoms with van der Waals surface area (Å²) in [5.41, 5.74) is 3.40. The summed E-state index contributed by atoms with van der Waals surface area (Å²) in [4.78, 5) is 4.67. The third-order valence-corrected chi connectivity index (χ3v) is 6.53. The van der Waals surface area contributed by atoms with Crippen LogP contribution in [-0.2, 0) is 0 Å². The molecule has 1 aliphatic rings. The average Bonchev–Trinajstić information content (AvgIpc) is 3.24. The Kier molecular flexibility index (Phi) is 6.14. The summed E-state index contributed by atoms with van der Waals surface area (Å²) in [6.45, 7) is 2.17. The number of para-hydroxylation sites is 1. The number of halogens is 1. The molecule has 0 saturated carbocycles. The van der Waals surface area contributed by atoms with Gasteiger partial charge in [-0.05, 0) is 36.8 Å². The second-order valence-corrected chi connectivity index (χ2v) is 9.32. The van der Waals surface area contributed by atoms with Crippen LogP contribution in [0.25, 0.3) is 22.6 Å². The van der Waals surface area contributed by atoms with Gasteiger partial charge in [0.2, 0.25) is 17.3 Å². The molecule has 162 valence electrons. The summed E-state index contributed by atoms with van der Waals surface area (Å²) in [5, 5.41) is 12.8. The van der Waals surface area contributed by atoms with Crippen LogP contribution in [0.1, 0.15) is 31.8 Å². The Bertz CT molecular complexity index is 1230. The Balaban J connectivity index is 1.49. The molecule has 1 aliphatic heterocycles. The number of ether oxygens (including phenoxy) is 1. The van der Waals surface area contributed by atoms with E-state index in [4.69, 9.17) is 9.15 Å². The normalized spacial score (nSPS) is 14.6. The minimum Gasteiger partial charge on any atom is -0.455 e. The number of nitrogens with one attached hydrogen (secondary N) is 1. The summed E-state index contributed by atoms with van der Waals surface area (Å²) in [6.07, 6.45) is 1.68. The number of fused-ring (bicyclic) bond motifs is 3. The maximum absolute atomic E-state index is 6.30. The largest absolute Gasteiger partial charge is 0.455 e. The van der Waals surface area contributed by atoms with E-state index < -0.39 is 6.23 Å². The fourth-order valence-corrected chi connectivity index (χ4v) is 4.53. The third kappa shape index (κ3) is 4.38. The summed E-state index contributed by atoms with van der Waals surface area (Å²) >= 11 is 5.06. The van der Waals surface area contributed by atoms with Gasteiger partial charge in [0.1, 0.15) is 5.76 Å². The van der Waals surface area contributed by atoms with Gasteiger partial charge in [0, 0.05) is 27.0 Å². The number of hydrogen-bond acceptors (Lipinski definition) is 7. The van der Waals surface area contributed by atoms with Crippen molar-refractivity contribution in [2.75, 3.05) is 11.1 Å². The van der Waals surface area contributed by atoms with E-state index in [1.54, 1.807) is 11.8 Å². The van der Waals surface area contributed by atoms with Gasteiger partial charge in [-0.2, -0.15) is 4.98 Å². The zero-order chi connectivity index (χ0) is 21.9. The second kappa shape index (κ2) is 9.34. The fraction of sp³-hybridized carbons (Fsp3) is 0.208. The van der Waals surface area contributed by atoms with Gasteiger partial charge in [0.05, 0.1) is 0 Å². The molecule has 8 heteroatoms. The quantitative estimate of drug-likeness (QED) is 0.223. The lowest BCUT2D eigenvalue weighted by Gasteiger charge is -2.16. The molecular formula is C24H21BrN4O2S. The molecule has 0 spiro atoms. The Hall–Kier alpha value is -2.84. The van der Waals surface area contributed by atoms with Gasteiger partial charge in [-0.25, -0.2) is 0 Å². The van der Waals surface area contributed by atoms with E-state index in [0.717, 1.165) is 45.6 Å². The maximum atomic E-state index is 6.30. The number of hydrogen-bond donors (Lipinski definition) is 1. The van der Waals surface area contributed by atoms with Gasteiger partial charge in [-0.15, -0.1) is 10.2 Å². The van der Waals surface area contributed by atoms with Crippen LogP contribution in [0.3, 0.4) is 0 Å². The van der Waals surface area contributed by atoms with Gasteiger partial charge in [0.15, 0.2) is 11.5 Å². The van der Waals surface area contributed by atoms with Crippen molar-refractivity contribution < 1.29 is 9.15 Å². The highest BCUT2D eigenvalue weighted by Gasteiger charge is 2.28. The fourth-order valence-electron chi connectivity index (χ4n) is 3.41. The van der Waals surface area contributed by atoms with Crippen molar-refractivity contribution in [2.24, 2.45) is 0 Å². The van der Waals surface area contributed by atoms with E-state index >= 15 is 0 Å². The third-order valence-electron chi connectivity index (χ3n) is 5.08. The highest BCUT2D eigenvalue weighted by atomic mass is 79.9. The molecule has 5 rings (SSSR count). The zero-order valence-corrected chi connectivity index (χ0v) is 19.8. The molecule has 0 saturated heterocycles. The number of anilines is 1. The number of thioether (sulfide) groups is 1. The monoisotopic (exact) mass is 508 g/mol. The lowest BCUT2D eigenvalue weighted by atomic mass is 10.1. The molecule has 3 heterocycles. The first-order valence-electron chi connectivity index (χ1n) is 10.5. The Morgan fingerprint density at radius 3 is 2.72 bits per heavy atom. The Morgan fingerprint density at radius 2 is 1.88 bits per heavy atom. The minimum absolute atomic E-state index is 0.447. The molecule has 6 nitrogen and oxygen atoms in total. The molecule has 0 fully saturated rings. The molecule has 32 heavy (non-hydrogen) atoms. The number of furan rings is 1. The van der Waals surface area contributed by atoms with Crippen molar-refractivity contribution in [2.45, 2.75) is 31.1 Å². The van der Waals surface area contributed by atoms with Crippen LogP contribution < -0.4 is 10.1 Å². The van der Waals surface area contributed by atoms with Gasteiger partial charge in [-0.3, -0.25) is 0 Å². The van der Waals surface area contributed by atoms with Crippen molar-refractivity contribution in [3.8, 4) is 28.5 Å². The molecular weight excluding hydrogens is 488 g/mol. The van der Waals surface area contributed by atoms with Crippen LogP contribution in [0.15, 0.2) is 74.7 Å². The smallest absolute Gasteiger partial charge is 0.247 e. The average molecular weight is 509 g/mol. The van der Waals surface area contributed by atoms with Gasteiger partial charge in [-0.1, -0.05) is 71.4 Å². The number of benzene rings is 2. The zero-order valence-electron chi connectivity index (χ0n) is 17.4. The number of aromatic nitrogens is 3. The molecule has 2 aromatic heterocycles. The van der Waals surface area contributed by atoms with Crippen LogP contribution in [0, 0.1) is 0 Å². The van der Waals surface area contributed by atoms with E-state index in [9.17, 15) is 0 Å². The minimum atomic E-state index is -0.549. The number of unbranched alkanes of at least 4 members (excludes halogenated alkanes) is 1. The molecule has 1 N–H and O–H groups in total. The van der Waals surface area contributed by atoms with E-state index in [2.05, 4.69) is 43.4 Å². The summed E-state index contributed by atoms with van der Waals surface area (Å²) in [5.74, 6) is 2.82. The van der Waals surface area contributed by atoms with Crippen molar-refractivity contribution in [1.82, 2.24) is 15.2 Å². The first kappa shape index (κ1) is 21.0. The van der Waals surface area contributed by atoms with Gasteiger partial charge < -0.3 is 14.5 Å². The summed E-state index contributed by atoms with van der Waals surface area (Å²) in [6, 6.07) is 19.8. The topological polar surface area (TPSA) is 73.1 Å². The van der Waals surface area contributed by atoms with Crippen molar-refractivity contribution >= 4 is 33.4 Å². The standard InChI is InChI=1S/C24H21BrN4O2S/c1-2-3-14-32-24-27-23-21(28-29-24)17-6-4-5-7-18(17)26-22(31-23)20-13-12-19(30-20)15-8-10-16(25)11-9-15/h4-13,22,26H,2-3,14H2,1H3. The van der Waals surface area contributed by atoms with Crippen LogP contribution in [0.2, 0.25) is 0 Å². The van der Waals surface area contributed by atoms with Crippen molar-refractivity contribution in [1.29, 1.82) is 0 Å². The van der Waals surface area contributed by atoms with Crippen LogP contribution in [0.4, 0.5) is 5.69 Å². The first-order chi connectivity index (χ1) is 15.7. The summed E-state index contributed by atoms with van der Waals surface area (Å²) < 4.78 is 13.5. The highest BCUT2D eigenvalue weighted by molar-refractivity contribution is 9.10. The Morgan fingerprint density at radius 1 is 1.03 bits per heavy atom. The SMILES string of the molecule is CCCCSc1nnc2c(n1)OC(c1ccc(-c3ccc(Br)cc3)o1)Nc1ccccc1-2. The van der Waals surface area contributed by atoms with Gasteiger partial charge >= 0.3 is 0 Å². The lowest BCUT2D eigenvalue weighted by Crippen LogP contribution is -2.16. The number of nitrogens with zero attached hydrogens (tertiary/aromatic N) is 3. The van der Waals surface area contributed by atoms with Crippen LogP contribution in [-0.4, -0.2) is 20.9 Å². The predicted molar refractivity (Wildman–Crippen MR) is 130 cm³/mol. The van der Waals surface area contributed by atoms with Crippen LogP contribution >= 0.6 is 27.7 Å². The van der Waals surface area contributed by atoms with Gasteiger partial charge in [0.25, 0.3) is 0 Å². The van der Waals surface area contributed by atoms with E-state index in [0.29, 0.717) is 22.5 Å². The lowest BCUT2D eigenvalue weighted by molar-refractivity contribution is 0.196. The van der Waals surface area contributed by atoms with E-state index in [1.807, 2.05) is 60.7 Å². The van der Waals surface area contributed by atoms with E-state index in [1.165, 1.54) is 0 Å². The molecule has 0 radical (unpaired) electrons. The Labute approximate surface area is 198 Å². The molecule has 0 aliphatic carbocycles. The molecule has 2 aromatic carbocycles. The first-order valence-corrected chi connectivity index (χ1v) is 12.2. The van der Waals surface area contributed by atoms with Crippen molar-refractivity contribution in [3.05, 3.63) is 70.9 Å². The molecule has 1 unspecified atom stereocenters. The van der Waals surface area contributed by atoms with E-state index in [-0.39, 0.29) is 0 Å². The van der Waals surface area contributed by atoms with Crippen molar-refractivity contribution in [3.63, 3.8) is 0 Å². The number of rotatable bonds is 6. The maximum Gasteiger partial charge on any atom is 0.247 e. The van der Waals surface area contributed by atoms with Crippen LogP contribution in [0.5, 0.6) is 5.88 Å². The second-order valence-electron chi connectivity index (χ2n) is 7.35. The predicted octanol–water partition coefficient (Wildman–Crippen LogP) is 6.96.